The van der Waals surface area contributed by atoms with Crippen LogP contribution in [0.4, 0.5) is 0 Å². The van der Waals surface area contributed by atoms with Crippen molar-refractivity contribution in [2.45, 2.75) is 11.9 Å². The SMILES string of the molecule is Cc1nc(S(=O)(=O)NCCI)cn1C. The third-order valence-corrected chi connectivity index (χ3v) is 3.62. The van der Waals surface area contributed by atoms with Gasteiger partial charge in [-0.25, -0.2) is 18.1 Å². The Morgan fingerprint density at radius 2 is 2.29 bits per heavy atom. The number of hydrogen-bond acceptors (Lipinski definition) is 3. The zero-order valence-corrected chi connectivity index (χ0v) is 11.0. The average molecular weight is 329 g/mol. The summed E-state index contributed by atoms with van der Waals surface area (Å²) >= 11 is 2.11. The first-order chi connectivity index (χ1) is 6.47. The molecular weight excluding hydrogens is 317 g/mol. The van der Waals surface area contributed by atoms with Crippen molar-refractivity contribution < 1.29 is 8.42 Å². The predicted molar refractivity (Wildman–Crippen MR) is 62.0 cm³/mol. The summed E-state index contributed by atoms with van der Waals surface area (Å²) in [5, 5.41) is 0.0855. The van der Waals surface area contributed by atoms with Crippen LogP contribution in [0.3, 0.4) is 0 Å². The summed E-state index contributed by atoms with van der Waals surface area (Å²) < 4.78 is 28.0. The van der Waals surface area contributed by atoms with Crippen molar-refractivity contribution in [2.24, 2.45) is 7.05 Å². The van der Waals surface area contributed by atoms with Gasteiger partial charge >= 0.3 is 0 Å². The fraction of sp³-hybridized carbons (Fsp3) is 0.571. The molecule has 0 aliphatic rings. The Balaban J connectivity index is 2.93. The minimum absolute atomic E-state index is 0.0855. The summed E-state index contributed by atoms with van der Waals surface area (Å²) in [5.74, 6) is 0.680. The highest BCUT2D eigenvalue weighted by Gasteiger charge is 2.17. The van der Waals surface area contributed by atoms with E-state index in [0.29, 0.717) is 12.4 Å². The van der Waals surface area contributed by atoms with Crippen LogP contribution in [-0.4, -0.2) is 28.9 Å². The van der Waals surface area contributed by atoms with Gasteiger partial charge in [0.05, 0.1) is 0 Å². The Morgan fingerprint density at radius 3 is 2.71 bits per heavy atom. The summed E-state index contributed by atoms with van der Waals surface area (Å²) in [6.07, 6.45) is 1.50. The summed E-state index contributed by atoms with van der Waals surface area (Å²) in [6.45, 7) is 2.19. The number of halogens is 1. The average Bonchev–Trinajstić information content (AvgIpc) is 2.45. The number of aromatic nitrogens is 2. The van der Waals surface area contributed by atoms with E-state index < -0.39 is 10.0 Å². The third kappa shape index (κ3) is 2.67. The van der Waals surface area contributed by atoms with E-state index in [1.165, 1.54) is 6.20 Å². The zero-order chi connectivity index (χ0) is 10.8. The molecule has 7 heteroatoms. The number of alkyl halides is 1. The molecule has 1 heterocycles. The maximum Gasteiger partial charge on any atom is 0.259 e. The molecule has 0 atom stereocenters. The highest BCUT2D eigenvalue weighted by molar-refractivity contribution is 14.1. The van der Waals surface area contributed by atoms with Crippen LogP contribution in [0.1, 0.15) is 5.82 Å². The molecule has 1 aromatic rings. The molecule has 0 saturated carbocycles. The van der Waals surface area contributed by atoms with Crippen LogP contribution >= 0.6 is 22.6 Å². The summed E-state index contributed by atoms with van der Waals surface area (Å²) in [6, 6.07) is 0. The standard InChI is InChI=1S/C7H12IN3O2S/c1-6-10-7(5-11(6)2)14(12,13)9-4-3-8/h5,9H,3-4H2,1-2H3. The molecule has 0 radical (unpaired) electrons. The number of sulfonamides is 1. The molecule has 1 rings (SSSR count). The van der Waals surface area contributed by atoms with Crippen LogP contribution in [0.15, 0.2) is 11.2 Å². The molecule has 1 aromatic heterocycles. The van der Waals surface area contributed by atoms with Crippen molar-refractivity contribution in [1.82, 2.24) is 14.3 Å². The second-order valence-corrected chi connectivity index (χ2v) is 5.62. The Kier molecular flexibility index (Phi) is 3.90. The van der Waals surface area contributed by atoms with Crippen LogP contribution in [0.2, 0.25) is 0 Å². The second kappa shape index (κ2) is 4.58. The molecule has 0 saturated heterocycles. The Hall–Kier alpha value is -0.150. The number of nitrogens with one attached hydrogen (secondary N) is 1. The molecule has 0 aliphatic carbocycles. The van der Waals surface area contributed by atoms with Gasteiger partial charge in [0.1, 0.15) is 5.82 Å². The van der Waals surface area contributed by atoms with Crippen LogP contribution < -0.4 is 4.72 Å². The lowest BCUT2D eigenvalue weighted by molar-refractivity contribution is 0.581. The van der Waals surface area contributed by atoms with Gasteiger partial charge in [0.15, 0.2) is 5.03 Å². The number of rotatable bonds is 4. The summed E-state index contributed by atoms with van der Waals surface area (Å²) in [7, 11) is -1.65. The first-order valence-electron chi connectivity index (χ1n) is 4.03. The van der Waals surface area contributed by atoms with Crippen molar-refractivity contribution in [3.8, 4) is 0 Å². The number of nitrogens with zero attached hydrogens (tertiary/aromatic N) is 2. The summed E-state index contributed by atoms with van der Waals surface area (Å²) in [4.78, 5) is 3.94. The minimum Gasteiger partial charge on any atom is -0.337 e. The molecule has 0 aliphatic heterocycles. The van der Waals surface area contributed by atoms with Crippen LogP contribution in [0.5, 0.6) is 0 Å². The number of aryl methyl sites for hydroxylation is 2. The zero-order valence-electron chi connectivity index (χ0n) is 7.99. The Morgan fingerprint density at radius 1 is 1.64 bits per heavy atom. The first kappa shape index (κ1) is 11.9. The minimum atomic E-state index is -3.41. The summed E-state index contributed by atoms with van der Waals surface area (Å²) in [5.41, 5.74) is 0. The molecule has 5 nitrogen and oxygen atoms in total. The highest BCUT2D eigenvalue weighted by atomic mass is 127. The largest absolute Gasteiger partial charge is 0.337 e. The van der Waals surface area contributed by atoms with Crippen LogP contribution in [0, 0.1) is 6.92 Å². The lowest BCUT2D eigenvalue weighted by Crippen LogP contribution is -2.25. The van der Waals surface area contributed by atoms with E-state index >= 15 is 0 Å². The quantitative estimate of drug-likeness (QED) is 0.644. The van der Waals surface area contributed by atoms with E-state index in [4.69, 9.17) is 0 Å². The Labute approximate surface area is 97.1 Å². The van der Waals surface area contributed by atoms with E-state index in [-0.39, 0.29) is 5.03 Å². The fourth-order valence-electron chi connectivity index (χ4n) is 0.903. The lowest BCUT2D eigenvalue weighted by Gasteiger charge is -2.00. The van der Waals surface area contributed by atoms with Gasteiger partial charge in [-0.2, -0.15) is 0 Å². The van der Waals surface area contributed by atoms with E-state index in [1.807, 2.05) is 0 Å². The highest BCUT2D eigenvalue weighted by Crippen LogP contribution is 2.06. The molecule has 0 amide bonds. The molecule has 0 spiro atoms. The van der Waals surface area contributed by atoms with Crippen LogP contribution in [0.25, 0.3) is 0 Å². The second-order valence-electron chi connectivity index (χ2n) is 2.82. The molecule has 14 heavy (non-hydrogen) atoms. The maximum atomic E-state index is 11.6. The van der Waals surface area contributed by atoms with E-state index in [0.717, 1.165) is 4.43 Å². The third-order valence-electron chi connectivity index (χ3n) is 1.75. The van der Waals surface area contributed by atoms with Gasteiger partial charge in [-0.1, -0.05) is 22.6 Å². The number of hydrogen-bond donors (Lipinski definition) is 1. The van der Waals surface area contributed by atoms with Crippen molar-refractivity contribution >= 4 is 32.6 Å². The predicted octanol–water partition coefficient (Wildman–Crippen LogP) is 0.442. The smallest absolute Gasteiger partial charge is 0.259 e. The molecule has 0 fully saturated rings. The molecule has 0 unspecified atom stereocenters. The normalized spacial score (nSPS) is 11.9. The lowest BCUT2D eigenvalue weighted by atomic mass is 10.7. The fourth-order valence-corrected chi connectivity index (χ4v) is 2.61. The maximum absolute atomic E-state index is 11.6. The van der Waals surface area contributed by atoms with Gasteiger partial charge < -0.3 is 4.57 Å². The first-order valence-corrected chi connectivity index (χ1v) is 7.04. The topological polar surface area (TPSA) is 64.0 Å². The van der Waals surface area contributed by atoms with Gasteiger partial charge in [0.2, 0.25) is 0 Å². The van der Waals surface area contributed by atoms with Gasteiger partial charge in [-0.3, -0.25) is 0 Å². The van der Waals surface area contributed by atoms with Crippen LogP contribution in [-0.2, 0) is 17.1 Å². The molecule has 0 aromatic carbocycles. The monoisotopic (exact) mass is 329 g/mol. The molecule has 1 N–H and O–H groups in total. The van der Waals surface area contributed by atoms with Crippen molar-refractivity contribution in [3.63, 3.8) is 0 Å². The Bertz CT molecular complexity index is 393. The van der Waals surface area contributed by atoms with E-state index in [2.05, 4.69) is 32.3 Å². The van der Waals surface area contributed by atoms with Crippen molar-refractivity contribution in [2.75, 3.05) is 11.0 Å². The molecular formula is C7H12IN3O2S. The van der Waals surface area contributed by atoms with Gasteiger partial charge in [0, 0.05) is 24.2 Å². The molecule has 80 valence electrons. The van der Waals surface area contributed by atoms with Gasteiger partial charge in [-0.05, 0) is 6.92 Å². The molecule has 0 bridgehead atoms. The van der Waals surface area contributed by atoms with E-state index in [1.54, 1.807) is 18.5 Å². The van der Waals surface area contributed by atoms with Crippen molar-refractivity contribution in [1.29, 1.82) is 0 Å². The number of imidazole rings is 1. The van der Waals surface area contributed by atoms with Crippen molar-refractivity contribution in [3.05, 3.63) is 12.0 Å². The van der Waals surface area contributed by atoms with Gasteiger partial charge in [-0.15, -0.1) is 0 Å². The van der Waals surface area contributed by atoms with Gasteiger partial charge in [0.25, 0.3) is 10.0 Å². The van der Waals surface area contributed by atoms with E-state index in [9.17, 15) is 8.42 Å².